The summed E-state index contributed by atoms with van der Waals surface area (Å²) >= 11 is 0. The Morgan fingerprint density at radius 1 is 0.833 bits per heavy atom. The molecule has 0 radical (unpaired) electrons. The van der Waals surface area contributed by atoms with Crippen LogP contribution in [-0.2, 0) is 4.79 Å². The molecule has 0 aromatic carbocycles. The standard InChI is InChI=1S/C21H40O3/c1-2-3-4-11-14-17-20(22)18-15-12-9-7-5-6-8-10-13-16-19-21(23)24/h11,14,20,22H,2-10,12-13,15-19H2,1H3,(H,23,24). The minimum Gasteiger partial charge on any atom is -0.481 e. The monoisotopic (exact) mass is 340 g/mol. The molecule has 0 saturated carbocycles. The molecule has 3 nitrogen and oxygen atoms in total. The smallest absolute Gasteiger partial charge is 0.303 e. The molecular formula is C21H40O3. The number of rotatable bonds is 18. The van der Waals surface area contributed by atoms with Crippen molar-refractivity contribution in [3.63, 3.8) is 0 Å². The number of aliphatic hydroxyl groups excluding tert-OH is 1. The minimum atomic E-state index is -0.673. The Kier molecular flexibility index (Phi) is 17.9. The average Bonchev–Trinajstić information content (AvgIpc) is 2.55. The number of hydrogen-bond acceptors (Lipinski definition) is 2. The van der Waals surface area contributed by atoms with E-state index in [9.17, 15) is 9.90 Å². The molecule has 2 N–H and O–H groups in total. The molecule has 1 unspecified atom stereocenters. The third kappa shape index (κ3) is 19.2. The lowest BCUT2D eigenvalue weighted by Crippen LogP contribution is -2.04. The number of hydrogen-bond donors (Lipinski definition) is 2. The van der Waals surface area contributed by atoms with E-state index in [1.807, 2.05) is 0 Å². The summed E-state index contributed by atoms with van der Waals surface area (Å²) in [6.45, 7) is 2.20. The van der Waals surface area contributed by atoms with Crippen LogP contribution in [0.25, 0.3) is 0 Å². The molecule has 0 saturated heterocycles. The third-order valence-electron chi connectivity index (χ3n) is 4.48. The first-order valence-corrected chi connectivity index (χ1v) is 10.2. The van der Waals surface area contributed by atoms with Gasteiger partial charge in [0.15, 0.2) is 0 Å². The van der Waals surface area contributed by atoms with Gasteiger partial charge in [-0.05, 0) is 25.7 Å². The van der Waals surface area contributed by atoms with Crippen molar-refractivity contribution < 1.29 is 15.0 Å². The number of carboxylic acids is 1. The van der Waals surface area contributed by atoms with Gasteiger partial charge >= 0.3 is 5.97 Å². The number of allylic oxidation sites excluding steroid dienone is 1. The van der Waals surface area contributed by atoms with Gasteiger partial charge in [0, 0.05) is 6.42 Å². The quantitative estimate of drug-likeness (QED) is 0.229. The van der Waals surface area contributed by atoms with Crippen molar-refractivity contribution in [3.8, 4) is 0 Å². The molecule has 0 fully saturated rings. The summed E-state index contributed by atoms with van der Waals surface area (Å²) in [5.74, 6) is -0.673. The Bertz CT molecular complexity index is 299. The van der Waals surface area contributed by atoms with Crippen LogP contribution in [0.1, 0.15) is 110 Å². The zero-order valence-electron chi connectivity index (χ0n) is 15.8. The first-order chi connectivity index (χ1) is 11.7. The van der Waals surface area contributed by atoms with Gasteiger partial charge in [-0.15, -0.1) is 0 Å². The number of unbranched alkanes of at least 4 members (excludes halogenated alkanes) is 11. The molecule has 0 aliphatic carbocycles. The fourth-order valence-electron chi connectivity index (χ4n) is 2.88. The van der Waals surface area contributed by atoms with E-state index in [-0.39, 0.29) is 6.10 Å². The van der Waals surface area contributed by atoms with Crippen molar-refractivity contribution in [3.05, 3.63) is 12.2 Å². The van der Waals surface area contributed by atoms with Gasteiger partial charge in [0.1, 0.15) is 0 Å². The van der Waals surface area contributed by atoms with Crippen LogP contribution < -0.4 is 0 Å². The Morgan fingerprint density at radius 3 is 1.92 bits per heavy atom. The second-order valence-electron chi connectivity index (χ2n) is 6.97. The molecule has 0 heterocycles. The molecular weight excluding hydrogens is 300 g/mol. The van der Waals surface area contributed by atoms with Crippen LogP contribution in [-0.4, -0.2) is 22.3 Å². The van der Waals surface area contributed by atoms with E-state index in [2.05, 4.69) is 19.1 Å². The van der Waals surface area contributed by atoms with Crippen LogP contribution >= 0.6 is 0 Å². The van der Waals surface area contributed by atoms with Gasteiger partial charge in [0.25, 0.3) is 0 Å². The summed E-state index contributed by atoms with van der Waals surface area (Å²) in [4.78, 5) is 10.4. The number of aliphatic carboxylic acids is 1. The largest absolute Gasteiger partial charge is 0.481 e. The van der Waals surface area contributed by atoms with Crippen molar-refractivity contribution >= 4 is 5.97 Å². The van der Waals surface area contributed by atoms with Gasteiger partial charge in [0.2, 0.25) is 0 Å². The maximum atomic E-state index is 10.4. The molecule has 24 heavy (non-hydrogen) atoms. The molecule has 0 aliphatic rings. The third-order valence-corrected chi connectivity index (χ3v) is 4.48. The van der Waals surface area contributed by atoms with Gasteiger partial charge in [0.05, 0.1) is 6.10 Å². The lowest BCUT2D eigenvalue weighted by molar-refractivity contribution is -0.137. The van der Waals surface area contributed by atoms with Gasteiger partial charge < -0.3 is 10.2 Å². The molecule has 0 bridgehead atoms. The van der Waals surface area contributed by atoms with Gasteiger partial charge in [-0.25, -0.2) is 0 Å². The highest BCUT2D eigenvalue weighted by Gasteiger charge is 2.01. The van der Waals surface area contributed by atoms with Crippen LogP contribution in [0.4, 0.5) is 0 Å². The molecule has 0 rings (SSSR count). The number of carbonyl (C=O) groups is 1. The van der Waals surface area contributed by atoms with Crippen molar-refractivity contribution in [1.82, 2.24) is 0 Å². The van der Waals surface area contributed by atoms with Crippen molar-refractivity contribution in [2.75, 3.05) is 0 Å². The SMILES string of the molecule is CCCCC=CCC(O)CCCCCCCCCCCCC(=O)O. The predicted molar refractivity (Wildman–Crippen MR) is 102 cm³/mol. The topological polar surface area (TPSA) is 57.5 Å². The summed E-state index contributed by atoms with van der Waals surface area (Å²) in [5, 5.41) is 18.4. The first-order valence-electron chi connectivity index (χ1n) is 10.2. The van der Waals surface area contributed by atoms with Crippen molar-refractivity contribution in [2.45, 2.75) is 116 Å². The average molecular weight is 341 g/mol. The molecule has 0 aliphatic heterocycles. The molecule has 142 valence electrons. The molecule has 0 amide bonds. The lowest BCUT2D eigenvalue weighted by atomic mass is 10.0. The lowest BCUT2D eigenvalue weighted by Gasteiger charge is -2.07. The van der Waals surface area contributed by atoms with E-state index in [4.69, 9.17) is 5.11 Å². The molecule has 0 spiro atoms. The van der Waals surface area contributed by atoms with Gasteiger partial charge in [-0.3, -0.25) is 4.79 Å². The summed E-state index contributed by atoms with van der Waals surface area (Å²) in [6, 6.07) is 0. The zero-order valence-corrected chi connectivity index (χ0v) is 15.8. The summed E-state index contributed by atoms with van der Waals surface area (Å²) in [6.07, 6.45) is 21.7. The van der Waals surface area contributed by atoms with E-state index >= 15 is 0 Å². The fraction of sp³-hybridized carbons (Fsp3) is 0.857. The van der Waals surface area contributed by atoms with Crippen molar-refractivity contribution in [1.29, 1.82) is 0 Å². The van der Waals surface area contributed by atoms with Crippen LogP contribution in [0.5, 0.6) is 0 Å². The molecule has 1 atom stereocenters. The van der Waals surface area contributed by atoms with Gasteiger partial charge in [-0.2, -0.15) is 0 Å². The first kappa shape index (κ1) is 23.2. The molecule has 0 aromatic rings. The molecule has 0 aromatic heterocycles. The normalized spacial score (nSPS) is 12.8. The number of aliphatic hydroxyl groups is 1. The maximum Gasteiger partial charge on any atom is 0.303 e. The van der Waals surface area contributed by atoms with E-state index in [1.165, 1.54) is 57.8 Å². The predicted octanol–water partition coefficient (Wildman–Crippen LogP) is 6.25. The van der Waals surface area contributed by atoms with E-state index in [0.717, 1.165) is 38.5 Å². The summed E-state index contributed by atoms with van der Waals surface area (Å²) in [5.41, 5.74) is 0. The fourth-order valence-corrected chi connectivity index (χ4v) is 2.88. The van der Waals surface area contributed by atoms with Crippen LogP contribution in [0, 0.1) is 0 Å². The second kappa shape index (κ2) is 18.5. The van der Waals surface area contributed by atoms with E-state index in [1.54, 1.807) is 0 Å². The highest BCUT2D eigenvalue weighted by atomic mass is 16.4. The minimum absolute atomic E-state index is 0.159. The van der Waals surface area contributed by atoms with E-state index < -0.39 is 5.97 Å². The number of carboxylic acid groups (broad SMARTS) is 1. The highest BCUT2D eigenvalue weighted by Crippen LogP contribution is 2.13. The summed E-state index contributed by atoms with van der Waals surface area (Å²) < 4.78 is 0. The summed E-state index contributed by atoms with van der Waals surface area (Å²) in [7, 11) is 0. The maximum absolute atomic E-state index is 10.4. The Balaban J connectivity index is 3.19. The Hall–Kier alpha value is -0.830. The Labute approximate surface area is 149 Å². The Morgan fingerprint density at radius 2 is 1.38 bits per heavy atom. The zero-order chi connectivity index (χ0) is 17.9. The van der Waals surface area contributed by atoms with Gasteiger partial charge in [-0.1, -0.05) is 89.7 Å². The second-order valence-corrected chi connectivity index (χ2v) is 6.97. The van der Waals surface area contributed by atoms with Crippen LogP contribution in [0.2, 0.25) is 0 Å². The highest BCUT2D eigenvalue weighted by molar-refractivity contribution is 5.66. The molecule has 3 heteroatoms. The van der Waals surface area contributed by atoms with E-state index in [0.29, 0.717) is 6.42 Å². The van der Waals surface area contributed by atoms with Crippen molar-refractivity contribution in [2.24, 2.45) is 0 Å². The van der Waals surface area contributed by atoms with Crippen LogP contribution in [0.3, 0.4) is 0 Å². The van der Waals surface area contributed by atoms with Crippen LogP contribution in [0.15, 0.2) is 12.2 Å².